The van der Waals surface area contributed by atoms with Crippen molar-refractivity contribution >= 4 is 11.6 Å². The molecule has 0 aromatic heterocycles. The topological polar surface area (TPSA) is 61.8 Å². The summed E-state index contributed by atoms with van der Waals surface area (Å²) < 4.78 is 16.2. The fourth-order valence-electron chi connectivity index (χ4n) is 4.83. The number of rotatable bonds is 4. The number of hydrogen-bond acceptors (Lipinski definition) is 5. The van der Waals surface area contributed by atoms with Gasteiger partial charge in [0, 0.05) is 5.92 Å². The van der Waals surface area contributed by atoms with E-state index in [0.29, 0.717) is 17.3 Å². The second-order valence-corrected chi connectivity index (χ2v) is 7.14. The molecule has 3 aliphatic rings. The average molecular weight is 342 g/mol. The van der Waals surface area contributed by atoms with Gasteiger partial charge in [0.2, 0.25) is 12.6 Å². The van der Waals surface area contributed by atoms with Gasteiger partial charge in [0.15, 0.2) is 23.0 Å². The van der Waals surface area contributed by atoms with Gasteiger partial charge >= 0.3 is 0 Å². The first kappa shape index (κ1) is 16.2. The molecular formula is C20H22O5. The fraction of sp³-hybridized carbons (Fsp3) is 0.500. The van der Waals surface area contributed by atoms with E-state index in [-0.39, 0.29) is 30.2 Å². The summed E-state index contributed by atoms with van der Waals surface area (Å²) >= 11 is 0. The number of Topliss-reactive ketones (excluding diaryl/α,β-unsaturated/α-hetero) is 2. The van der Waals surface area contributed by atoms with Gasteiger partial charge in [-0.15, -0.1) is 0 Å². The van der Waals surface area contributed by atoms with E-state index >= 15 is 0 Å². The lowest BCUT2D eigenvalue weighted by Crippen LogP contribution is -2.38. The minimum absolute atomic E-state index is 0.0157. The number of benzene rings is 1. The van der Waals surface area contributed by atoms with Crippen LogP contribution in [0.25, 0.3) is 0 Å². The third-order valence-electron chi connectivity index (χ3n) is 6.03. The maximum Gasteiger partial charge on any atom is 0.231 e. The summed E-state index contributed by atoms with van der Waals surface area (Å²) in [5.41, 5.74) is 0.326. The van der Waals surface area contributed by atoms with E-state index in [2.05, 4.69) is 13.8 Å². The Bertz CT molecular complexity index is 780. The molecule has 1 fully saturated rings. The van der Waals surface area contributed by atoms with Gasteiger partial charge in [-0.3, -0.25) is 9.59 Å². The summed E-state index contributed by atoms with van der Waals surface area (Å²) in [6.45, 7) is 4.34. The van der Waals surface area contributed by atoms with E-state index < -0.39 is 11.3 Å². The predicted octanol–water partition coefficient (Wildman–Crippen LogP) is 3.23. The van der Waals surface area contributed by atoms with Crippen molar-refractivity contribution < 1.29 is 23.8 Å². The molecule has 0 spiro atoms. The van der Waals surface area contributed by atoms with Crippen LogP contribution in [0.2, 0.25) is 0 Å². The van der Waals surface area contributed by atoms with Crippen LogP contribution in [0.5, 0.6) is 11.5 Å². The molecule has 132 valence electrons. The number of methoxy groups -OCH3 is 1. The second kappa shape index (κ2) is 5.61. The number of ether oxygens (including phenoxy) is 3. The normalized spacial score (nSPS) is 32.8. The number of hydrogen-bond donors (Lipinski definition) is 0. The van der Waals surface area contributed by atoms with Crippen LogP contribution in [0.3, 0.4) is 0 Å². The highest BCUT2D eigenvalue weighted by molar-refractivity contribution is 6.17. The van der Waals surface area contributed by atoms with Gasteiger partial charge < -0.3 is 14.2 Å². The number of allylic oxidation sites excluding steroid dienone is 2. The van der Waals surface area contributed by atoms with Crippen LogP contribution in [0.4, 0.5) is 0 Å². The van der Waals surface area contributed by atoms with Crippen LogP contribution in [0.1, 0.15) is 38.2 Å². The Morgan fingerprint density at radius 2 is 2.00 bits per heavy atom. The fourth-order valence-corrected chi connectivity index (χ4v) is 4.83. The molecule has 1 heterocycles. The Labute approximate surface area is 146 Å². The van der Waals surface area contributed by atoms with E-state index in [1.54, 1.807) is 6.08 Å². The first-order valence-electron chi connectivity index (χ1n) is 8.78. The van der Waals surface area contributed by atoms with Crippen molar-refractivity contribution in [3.8, 4) is 11.5 Å². The molecule has 5 heteroatoms. The summed E-state index contributed by atoms with van der Waals surface area (Å²) in [5, 5.41) is 0. The summed E-state index contributed by atoms with van der Waals surface area (Å²) in [6, 6.07) is 5.72. The molecule has 0 N–H and O–H groups in total. The highest BCUT2D eigenvalue weighted by atomic mass is 16.7. The second-order valence-electron chi connectivity index (χ2n) is 7.14. The van der Waals surface area contributed by atoms with Gasteiger partial charge in [-0.25, -0.2) is 0 Å². The van der Waals surface area contributed by atoms with Gasteiger partial charge in [-0.1, -0.05) is 26.3 Å². The number of ketones is 2. The van der Waals surface area contributed by atoms with Crippen molar-refractivity contribution in [1.29, 1.82) is 0 Å². The van der Waals surface area contributed by atoms with E-state index in [1.165, 1.54) is 7.11 Å². The van der Waals surface area contributed by atoms with E-state index in [4.69, 9.17) is 14.2 Å². The zero-order valence-corrected chi connectivity index (χ0v) is 14.7. The maximum absolute atomic E-state index is 13.2. The smallest absolute Gasteiger partial charge is 0.231 e. The van der Waals surface area contributed by atoms with Crippen LogP contribution in [0, 0.1) is 17.3 Å². The molecule has 0 radical (unpaired) electrons. The van der Waals surface area contributed by atoms with Crippen molar-refractivity contribution in [3.63, 3.8) is 0 Å². The Morgan fingerprint density at radius 1 is 1.24 bits per heavy atom. The molecule has 0 amide bonds. The first-order chi connectivity index (χ1) is 12.0. The van der Waals surface area contributed by atoms with Gasteiger partial charge in [-0.2, -0.15) is 0 Å². The lowest BCUT2D eigenvalue weighted by atomic mass is 9.71. The lowest BCUT2D eigenvalue weighted by Gasteiger charge is -2.31. The van der Waals surface area contributed by atoms with Gasteiger partial charge in [0.1, 0.15) is 0 Å². The highest BCUT2D eigenvalue weighted by Crippen LogP contribution is 2.59. The molecule has 0 saturated heterocycles. The zero-order chi connectivity index (χ0) is 17.8. The Morgan fingerprint density at radius 3 is 2.72 bits per heavy atom. The van der Waals surface area contributed by atoms with Crippen molar-refractivity contribution in [2.45, 2.75) is 32.6 Å². The molecule has 25 heavy (non-hydrogen) atoms. The van der Waals surface area contributed by atoms with Crippen LogP contribution in [0.15, 0.2) is 30.0 Å². The molecule has 1 saturated carbocycles. The largest absolute Gasteiger partial charge is 0.493 e. The molecule has 1 aromatic carbocycles. The Kier molecular flexibility index (Phi) is 3.63. The lowest BCUT2D eigenvalue weighted by molar-refractivity contribution is -0.136. The van der Waals surface area contributed by atoms with E-state index in [9.17, 15) is 9.59 Å². The predicted molar refractivity (Wildman–Crippen MR) is 90.4 cm³/mol. The molecule has 4 atom stereocenters. The quantitative estimate of drug-likeness (QED) is 0.786. The Hall–Kier alpha value is -2.30. The molecule has 1 aromatic rings. The third kappa shape index (κ3) is 2.08. The molecule has 5 nitrogen and oxygen atoms in total. The molecule has 1 aliphatic heterocycles. The summed E-state index contributed by atoms with van der Waals surface area (Å²) in [6.07, 6.45) is 3.39. The minimum atomic E-state index is -0.679. The summed E-state index contributed by atoms with van der Waals surface area (Å²) in [4.78, 5) is 26.1. The standard InChI is InChI=1S/C20H22O5/c1-4-7-20-9-15(23-3)18(21)17(19(20)22)16(11(20)2)12-5-6-13-14(8-12)25-10-24-13/h5-6,8-9,11,16-17H,4,7,10H2,1-3H3/t11-,16-,17-,20+/m0/s1. The average Bonchev–Trinajstić information content (AvgIpc) is 3.13. The Balaban J connectivity index is 1.83. The van der Waals surface area contributed by atoms with Crippen LogP contribution in [-0.4, -0.2) is 25.5 Å². The van der Waals surface area contributed by atoms with Crippen LogP contribution >= 0.6 is 0 Å². The third-order valence-corrected chi connectivity index (χ3v) is 6.03. The zero-order valence-electron chi connectivity index (χ0n) is 14.7. The minimum Gasteiger partial charge on any atom is -0.493 e. The van der Waals surface area contributed by atoms with Crippen LogP contribution in [-0.2, 0) is 14.3 Å². The van der Waals surface area contributed by atoms with E-state index in [1.807, 2.05) is 18.2 Å². The highest BCUT2D eigenvalue weighted by Gasteiger charge is 2.62. The van der Waals surface area contributed by atoms with Crippen molar-refractivity contribution in [1.82, 2.24) is 0 Å². The first-order valence-corrected chi connectivity index (χ1v) is 8.78. The molecule has 2 bridgehead atoms. The number of carbonyl (C=O) groups excluding carboxylic acids is 2. The van der Waals surface area contributed by atoms with Crippen molar-refractivity contribution in [3.05, 3.63) is 35.6 Å². The van der Waals surface area contributed by atoms with Gasteiger partial charge in [-0.05, 0) is 36.1 Å². The summed E-state index contributed by atoms with van der Waals surface area (Å²) in [7, 11) is 1.50. The van der Waals surface area contributed by atoms with Crippen LogP contribution < -0.4 is 9.47 Å². The van der Waals surface area contributed by atoms with E-state index in [0.717, 1.165) is 18.4 Å². The molecule has 4 rings (SSSR count). The van der Waals surface area contributed by atoms with Gasteiger partial charge in [0.25, 0.3) is 0 Å². The number of fused-ring (bicyclic) bond motifs is 3. The number of carbonyl (C=O) groups is 2. The van der Waals surface area contributed by atoms with Crippen molar-refractivity contribution in [2.24, 2.45) is 17.3 Å². The maximum atomic E-state index is 13.2. The molecule has 0 unspecified atom stereocenters. The summed E-state index contributed by atoms with van der Waals surface area (Å²) in [5.74, 6) is 0.702. The molecular weight excluding hydrogens is 320 g/mol. The monoisotopic (exact) mass is 342 g/mol. The van der Waals surface area contributed by atoms with Crippen molar-refractivity contribution in [2.75, 3.05) is 13.9 Å². The SMILES string of the molecule is CCC[C@]12C=C(OC)C(=O)[C@@H](C1=O)[C@H](c1ccc3c(c1)OCO3)[C@@H]2C. The molecule has 2 aliphatic carbocycles. The van der Waals surface area contributed by atoms with Gasteiger partial charge in [0.05, 0.1) is 18.4 Å².